The van der Waals surface area contributed by atoms with Crippen molar-refractivity contribution in [2.75, 3.05) is 17.7 Å². The van der Waals surface area contributed by atoms with Crippen molar-refractivity contribution in [3.63, 3.8) is 0 Å². The van der Waals surface area contributed by atoms with Crippen molar-refractivity contribution in [1.82, 2.24) is 5.16 Å². The van der Waals surface area contributed by atoms with E-state index in [1.54, 1.807) is 24.3 Å². The van der Waals surface area contributed by atoms with Crippen molar-refractivity contribution in [1.29, 1.82) is 5.26 Å². The first-order chi connectivity index (χ1) is 12.0. The van der Waals surface area contributed by atoms with Gasteiger partial charge in [-0.25, -0.2) is 0 Å². The maximum Gasteiger partial charge on any atom is 0.316 e. The van der Waals surface area contributed by atoms with Crippen molar-refractivity contribution in [2.24, 2.45) is 0 Å². The fourth-order valence-electron chi connectivity index (χ4n) is 2.01. The van der Waals surface area contributed by atoms with Crippen molar-refractivity contribution in [2.45, 2.75) is 19.6 Å². The van der Waals surface area contributed by atoms with Gasteiger partial charge in [0.25, 0.3) is 5.91 Å². The number of esters is 1. The SMILES string of the molecule is Cc1noc(C)c1CSCC(=O)OCC(=O)Nc1ccccc1C#N. The number of ether oxygens (including phenoxy) is 1. The maximum atomic E-state index is 11.8. The van der Waals surface area contributed by atoms with Gasteiger partial charge in [-0.15, -0.1) is 11.8 Å². The van der Waals surface area contributed by atoms with E-state index >= 15 is 0 Å². The van der Waals surface area contributed by atoms with Crippen molar-refractivity contribution < 1.29 is 18.8 Å². The molecule has 2 aromatic rings. The zero-order valence-corrected chi connectivity index (χ0v) is 14.7. The molecule has 0 aliphatic rings. The molecule has 0 aliphatic carbocycles. The highest BCUT2D eigenvalue weighted by molar-refractivity contribution is 7.99. The molecule has 1 heterocycles. The van der Waals surface area contributed by atoms with Gasteiger partial charge in [-0.3, -0.25) is 9.59 Å². The van der Waals surface area contributed by atoms with Crippen LogP contribution in [0.5, 0.6) is 0 Å². The number of hydrogen-bond donors (Lipinski definition) is 1. The Labute approximate surface area is 149 Å². The molecule has 1 aromatic heterocycles. The normalized spacial score (nSPS) is 10.1. The number of nitrogens with one attached hydrogen (secondary N) is 1. The topological polar surface area (TPSA) is 105 Å². The van der Waals surface area contributed by atoms with Crippen molar-refractivity contribution >= 4 is 29.3 Å². The number of benzene rings is 1. The fraction of sp³-hybridized carbons (Fsp3) is 0.294. The number of carbonyl (C=O) groups is 2. The molecule has 7 nitrogen and oxygen atoms in total. The van der Waals surface area contributed by atoms with E-state index in [4.69, 9.17) is 14.5 Å². The van der Waals surface area contributed by atoms with Gasteiger partial charge in [-0.1, -0.05) is 17.3 Å². The molecule has 130 valence electrons. The Bertz CT molecular complexity index is 791. The second-order valence-electron chi connectivity index (χ2n) is 5.16. The zero-order valence-electron chi connectivity index (χ0n) is 13.9. The number of thioether (sulfide) groups is 1. The number of rotatable bonds is 7. The summed E-state index contributed by atoms with van der Waals surface area (Å²) in [5.41, 5.74) is 2.49. The monoisotopic (exact) mass is 359 g/mol. The largest absolute Gasteiger partial charge is 0.455 e. The van der Waals surface area contributed by atoms with Crippen LogP contribution in [0, 0.1) is 25.2 Å². The number of hydrogen-bond acceptors (Lipinski definition) is 7. The molecule has 0 saturated carbocycles. The van der Waals surface area contributed by atoms with Gasteiger partial charge in [0.15, 0.2) is 6.61 Å². The molecule has 1 N–H and O–H groups in total. The fourth-order valence-corrected chi connectivity index (χ4v) is 2.98. The summed E-state index contributed by atoms with van der Waals surface area (Å²) < 4.78 is 9.99. The van der Waals surface area contributed by atoms with Crippen LogP contribution in [-0.2, 0) is 20.1 Å². The molecule has 1 aromatic carbocycles. The third-order valence-electron chi connectivity index (χ3n) is 3.33. The minimum Gasteiger partial charge on any atom is -0.455 e. The van der Waals surface area contributed by atoms with Gasteiger partial charge in [0, 0.05) is 11.3 Å². The predicted octanol–water partition coefficient (Wildman–Crippen LogP) is 2.58. The van der Waals surface area contributed by atoms with Gasteiger partial charge < -0.3 is 14.6 Å². The molecule has 0 bridgehead atoms. The molecular formula is C17H17N3O4S. The van der Waals surface area contributed by atoms with E-state index in [-0.39, 0.29) is 5.75 Å². The first-order valence-corrected chi connectivity index (χ1v) is 8.61. The molecule has 2 rings (SSSR count). The Morgan fingerprint density at radius 1 is 1.36 bits per heavy atom. The highest BCUT2D eigenvalue weighted by Gasteiger charge is 2.12. The molecule has 0 atom stereocenters. The van der Waals surface area contributed by atoms with E-state index in [2.05, 4.69) is 10.5 Å². The number of nitrogens with zero attached hydrogens (tertiary/aromatic N) is 2. The summed E-state index contributed by atoms with van der Waals surface area (Å²) in [4.78, 5) is 23.5. The van der Waals surface area contributed by atoms with E-state index < -0.39 is 18.5 Å². The summed E-state index contributed by atoms with van der Waals surface area (Å²) in [5, 5.41) is 15.4. The first kappa shape index (κ1) is 18.5. The minimum absolute atomic E-state index is 0.117. The Morgan fingerprint density at radius 3 is 2.80 bits per heavy atom. The number of nitriles is 1. The van der Waals surface area contributed by atoms with Gasteiger partial charge in [0.05, 0.1) is 22.7 Å². The number of amides is 1. The number of anilines is 1. The maximum absolute atomic E-state index is 11.8. The van der Waals surface area contributed by atoms with E-state index in [0.717, 1.165) is 17.0 Å². The minimum atomic E-state index is -0.494. The highest BCUT2D eigenvalue weighted by atomic mass is 32.2. The van der Waals surface area contributed by atoms with Crippen LogP contribution < -0.4 is 5.32 Å². The molecular weight excluding hydrogens is 342 g/mol. The van der Waals surface area contributed by atoms with E-state index in [9.17, 15) is 9.59 Å². The lowest BCUT2D eigenvalue weighted by atomic mass is 10.2. The van der Waals surface area contributed by atoms with Crippen LogP contribution in [0.15, 0.2) is 28.8 Å². The van der Waals surface area contributed by atoms with Gasteiger partial charge in [0.2, 0.25) is 0 Å². The van der Waals surface area contributed by atoms with E-state index in [1.165, 1.54) is 11.8 Å². The lowest BCUT2D eigenvalue weighted by molar-refractivity contribution is -0.144. The quantitative estimate of drug-likeness (QED) is 0.757. The lowest BCUT2D eigenvalue weighted by Crippen LogP contribution is -2.22. The molecule has 1 amide bonds. The summed E-state index contributed by atoms with van der Waals surface area (Å²) in [6.07, 6.45) is 0. The third kappa shape index (κ3) is 5.36. The third-order valence-corrected chi connectivity index (χ3v) is 4.27. The van der Waals surface area contributed by atoms with Crippen molar-refractivity contribution in [3.8, 4) is 6.07 Å². The Hall–Kier alpha value is -2.79. The van der Waals surface area contributed by atoms with Crippen LogP contribution in [-0.4, -0.2) is 29.4 Å². The molecule has 0 aliphatic heterocycles. The number of aromatic nitrogens is 1. The predicted molar refractivity (Wildman–Crippen MR) is 92.9 cm³/mol. The molecule has 0 unspecified atom stereocenters. The summed E-state index contributed by atoms with van der Waals surface area (Å²) in [6.45, 7) is 3.26. The summed E-state index contributed by atoms with van der Waals surface area (Å²) in [5.74, 6) is 0.450. The van der Waals surface area contributed by atoms with Crippen LogP contribution >= 0.6 is 11.8 Å². The van der Waals surface area contributed by atoms with Gasteiger partial charge in [-0.05, 0) is 26.0 Å². The average molecular weight is 359 g/mol. The van der Waals surface area contributed by atoms with Crippen LogP contribution in [0.25, 0.3) is 0 Å². The zero-order chi connectivity index (χ0) is 18.2. The summed E-state index contributed by atoms with van der Waals surface area (Å²) >= 11 is 1.36. The Morgan fingerprint density at radius 2 is 2.12 bits per heavy atom. The summed E-state index contributed by atoms with van der Waals surface area (Å²) in [7, 11) is 0. The number of carbonyl (C=O) groups excluding carboxylic acids is 2. The van der Waals surface area contributed by atoms with Crippen LogP contribution in [0.2, 0.25) is 0 Å². The molecule has 8 heteroatoms. The van der Waals surface area contributed by atoms with E-state index in [0.29, 0.717) is 17.0 Å². The number of aryl methyl sites for hydroxylation is 2. The average Bonchev–Trinajstić information content (AvgIpc) is 2.92. The Balaban J connectivity index is 1.73. The van der Waals surface area contributed by atoms with Gasteiger partial charge >= 0.3 is 5.97 Å². The van der Waals surface area contributed by atoms with E-state index in [1.807, 2.05) is 19.9 Å². The second kappa shape index (κ2) is 8.89. The van der Waals surface area contributed by atoms with Crippen molar-refractivity contribution in [3.05, 3.63) is 46.8 Å². The Kier molecular flexibility index (Phi) is 6.60. The number of para-hydroxylation sites is 1. The van der Waals surface area contributed by atoms with Gasteiger partial charge in [0.1, 0.15) is 11.8 Å². The standard InChI is InChI=1S/C17H17N3O4S/c1-11-14(12(2)24-20-11)9-25-10-17(22)23-8-16(21)19-15-6-4-3-5-13(15)7-18/h3-6H,8-10H2,1-2H3,(H,19,21). The molecule has 0 radical (unpaired) electrons. The molecule has 25 heavy (non-hydrogen) atoms. The lowest BCUT2D eigenvalue weighted by Gasteiger charge is -2.07. The highest BCUT2D eigenvalue weighted by Crippen LogP contribution is 2.19. The van der Waals surface area contributed by atoms with Crippen LogP contribution in [0.1, 0.15) is 22.6 Å². The first-order valence-electron chi connectivity index (χ1n) is 7.45. The van der Waals surface area contributed by atoms with Crippen LogP contribution in [0.3, 0.4) is 0 Å². The van der Waals surface area contributed by atoms with Gasteiger partial charge in [-0.2, -0.15) is 5.26 Å². The molecule has 0 fully saturated rings. The summed E-state index contributed by atoms with van der Waals surface area (Å²) in [6, 6.07) is 8.58. The van der Waals surface area contributed by atoms with Crippen LogP contribution in [0.4, 0.5) is 5.69 Å². The second-order valence-corrected chi connectivity index (χ2v) is 6.15. The molecule has 0 spiro atoms. The smallest absolute Gasteiger partial charge is 0.316 e. The molecule has 0 saturated heterocycles.